The monoisotopic (exact) mass is 281 g/mol. The van der Waals surface area contributed by atoms with Crippen molar-refractivity contribution in [2.24, 2.45) is 5.73 Å². The lowest BCUT2D eigenvalue weighted by molar-refractivity contribution is -0.117. The average molecular weight is 282 g/mol. The third kappa shape index (κ3) is 1.79. The first-order chi connectivity index (χ1) is 8.56. The van der Waals surface area contributed by atoms with Gasteiger partial charge >= 0.3 is 0 Å². The number of anilines is 1. The summed E-state index contributed by atoms with van der Waals surface area (Å²) in [5.74, 6) is 0.0466. The van der Waals surface area contributed by atoms with Crippen molar-refractivity contribution in [2.75, 3.05) is 11.4 Å². The first-order valence-corrected chi connectivity index (χ1v) is 6.87. The fraction of sp³-hybridized carbons (Fsp3) is 0.333. The summed E-state index contributed by atoms with van der Waals surface area (Å²) in [7, 11) is 0. The van der Waals surface area contributed by atoms with Crippen molar-refractivity contribution in [3.63, 3.8) is 0 Å². The Morgan fingerprint density at radius 3 is 3.00 bits per heavy atom. The summed E-state index contributed by atoms with van der Waals surface area (Å²) in [6.07, 6.45) is 0.398. The molecule has 1 aromatic heterocycles. The Bertz CT molecular complexity index is 640. The second kappa shape index (κ2) is 4.19. The van der Waals surface area contributed by atoms with E-state index < -0.39 is 0 Å². The summed E-state index contributed by atoms with van der Waals surface area (Å²) in [4.78, 5) is 18.0. The van der Waals surface area contributed by atoms with Gasteiger partial charge in [0.15, 0.2) is 5.13 Å². The van der Waals surface area contributed by atoms with Crippen LogP contribution < -0.4 is 10.6 Å². The Hall–Kier alpha value is -1.17. The van der Waals surface area contributed by atoms with E-state index in [9.17, 15) is 4.79 Å². The molecular formula is C12H12ClN3OS. The molecule has 0 bridgehead atoms. The van der Waals surface area contributed by atoms with Gasteiger partial charge < -0.3 is 5.73 Å². The molecule has 1 atom stereocenters. The van der Waals surface area contributed by atoms with E-state index in [0.717, 1.165) is 15.8 Å². The highest BCUT2D eigenvalue weighted by atomic mass is 35.5. The number of fused-ring (bicyclic) bond motifs is 1. The smallest absolute Gasteiger partial charge is 0.230 e. The molecule has 18 heavy (non-hydrogen) atoms. The van der Waals surface area contributed by atoms with Crippen LogP contribution in [0.1, 0.15) is 12.0 Å². The largest absolute Gasteiger partial charge is 0.326 e. The SMILES string of the molecule is Cc1c(Cl)ccc2sc(N3CC(N)CC3=O)nc12. The van der Waals surface area contributed by atoms with Crippen LogP contribution in [-0.4, -0.2) is 23.5 Å². The molecule has 1 fully saturated rings. The van der Waals surface area contributed by atoms with Gasteiger partial charge in [-0.3, -0.25) is 9.69 Å². The van der Waals surface area contributed by atoms with Crippen LogP contribution >= 0.6 is 22.9 Å². The number of aromatic nitrogens is 1. The van der Waals surface area contributed by atoms with Crippen LogP contribution in [0.4, 0.5) is 5.13 Å². The van der Waals surface area contributed by atoms with Crippen molar-refractivity contribution in [1.82, 2.24) is 4.98 Å². The molecule has 2 aromatic rings. The molecule has 2 heterocycles. The van der Waals surface area contributed by atoms with Gasteiger partial charge in [0.25, 0.3) is 0 Å². The summed E-state index contributed by atoms with van der Waals surface area (Å²) >= 11 is 7.58. The number of rotatable bonds is 1. The van der Waals surface area contributed by atoms with E-state index >= 15 is 0 Å². The van der Waals surface area contributed by atoms with Crippen LogP contribution in [0.3, 0.4) is 0 Å². The maximum atomic E-state index is 11.8. The maximum absolute atomic E-state index is 11.8. The lowest BCUT2D eigenvalue weighted by atomic mass is 10.2. The maximum Gasteiger partial charge on any atom is 0.230 e. The Morgan fingerprint density at radius 2 is 2.33 bits per heavy atom. The number of nitrogens with two attached hydrogens (primary N) is 1. The minimum atomic E-state index is -0.0887. The van der Waals surface area contributed by atoms with Crippen molar-refractivity contribution in [2.45, 2.75) is 19.4 Å². The number of carbonyl (C=O) groups excluding carboxylic acids is 1. The quantitative estimate of drug-likeness (QED) is 0.873. The van der Waals surface area contributed by atoms with Gasteiger partial charge in [-0.2, -0.15) is 0 Å². The van der Waals surface area contributed by atoms with Crippen LogP contribution in [0.5, 0.6) is 0 Å². The highest BCUT2D eigenvalue weighted by molar-refractivity contribution is 7.22. The molecule has 4 nitrogen and oxygen atoms in total. The van der Waals surface area contributed by atoms with Crippen molar-refractivity contribution >= 4 is 44.2 Å². The van der Waals surface area contributed by atoms with Gasteiger partial charge in [0, 0.05) is 24.0 Å². The van der Waals surface area contributed by atoms with Crippen LogP contribution in [0.15, 0.2) is 12.1 Å². The molecule has 94 valence electrons. The molecule has 1 amide bonds. The van der Waals surface area contributed by atoms with Gasteiger partial charge in [-0.15, -0.1) is 0 Å². The van der Waals surface area contributed by atoms with Gasteiger partial charge in [0.1, 0.15) is 0 Å². The number of carbonyl (C=O) groups is 1. The summed E-state index contributed by atoms with van der Waals surface area (Å²) in [5.41, 5.74) is 7.62. The molecule has 0 saturated carbocycles. The molecule has 0 aliphatic carbocycles. The highest BCUT2D eigenvalue weighted by Crippen LogP contribution is 2.34. The van der Waals surface area contributed by atoms with Gasteiger partial charge in [-0.25, -0.2) is 4.98 Å². The summed E-state index contributed by atoms with van der Waals surface area (Å²) in [6.45, 7) is 2.48. The molecular weight excluding hydrogens is 270 g/mol. The zero-order valence-electron chi connectivity index (χ0n) is 9.81. The fourth-order valence-corrected chi connectivity index (χ4v) is 3.33. The van der Waals surface area contributed by atoms with Crippen LogP contribution in [0.25, 0.3) is 10.2 Å². The molecule has 6 heteroatoms. The summed E-state index contributed by atoms with van der Waals surface area (Å²) in [6, 6.07) is 3.71. The van der Waals surface area contributed by atoms with Gasteiger partial charge in [0.05, 0.1) is 10.2 Å². The second-order valence-electron chi connectivity index (χ2n) is 4.48. The van der Waals surface area contributed by atoms with E-state index in [1.165, 1.54) is 11.3 Å². The zero-order chi connectivity index (χ0) is 12.9. The third-order valence-electron chi connectivity index (χ3n) is 3.12. The van der Waals surface area contributed by atoms with E-state index in [4.69, 9.17) is 17.3 Å². The molecule has 1 aliphatic rings. The molecule has 1 unspecified atom stereocenters. The predicted octanol–water partition coefficient (Wildman–Crippen LogP) is 2.32. The lowest BCUT2D eigenvalue weighted by Gasteiger charge is -2.10. The molecule has 2 N–H and O–H groups in total. The minimum Gasteiger partial charge on any atom is -0.326 e. The number of aryl methyl sites for hydroxylation is 1. The number of hydrogen-bond donors (Lipinski definition) is 1. The fourth-order valence-electron chi connectivity index (χ4n) is 2.12. The van der Waals surface area contributed by atoms with Crippen molar-refractivity contribution in [1.29, 1.82) is 0 Å². The number of hydrogen-bond acceptors (Lipinski definition) is 4. The van der Waals surface area contributed by atoms with Gasteiger partial charge in [-0.05, 0) is 24.6 Å². The standard InChI is InChI=1S/C12H12ClN3OS/c1-6-8(13)2-3-9-11(6)15-12(18-9)16-5-7(14)4-10(16)17/h2-3,7H,4-5,14H2,1H3. The number of amides is 1. The van der Waals surface area contributed by atoms with Crippen LogP contribution in [-0.2, 0) is 4.79 Å². The number of halogens is 1. The van der Waals surface area contributed by atoms with E-state index in [1.54, 1.807) is 4.90 Å². The first kappa shape index (κ1) is 11.9. The molecule has 1 aromatic carbocycles. The molecule has 0 spiro atoms. The van der Waals surface area contributed by atoms with Gasteiger partial charge in [-0.1, -0.05) is 22.9 Å². The second-order valence-corrected chi connectivity index (χ2v) is 5.90. The minimum absolute atomic E-state index is 0.0466. The molecule has 0 radical (unpaired) electrons. The Balaban J connectivity index is 2.09. The number of thiazole rings is 1. The van der Waals surface area contributed by atoms with Crippen molar-refractivity contribution in [3.05, 3.63) is 22.7 Å². The normalized spacial score (nSPS) is 20.1. The van der Waals surface area contributed by atoms with E-state index in [2.05, 4.69) is 4.98 Å². The zero-order valence-corrected chi connectivity index (χ0v) is 11.4. The Labute approximate surface area is 113 Å². The first-order valence-electron chi connectivity index (χ1n) is 5.68. The molecule has 3 rings (SSSR count). The topological polar surface area (TPSA) is 59.2 Å². The van der Waals surface area contributed by atoms with E-state index in [-0.39, 0.29) is 11.9 Å². The average Bonchev–Trinajstić information content (AvgIpc) is 2.87. The van der Waals surface area contributed by atoms with E-state index in [1.807, 2.05) is 19.1 Å². The van der Waals surface area contributed by atoms with Crippen LogP contribution in [0, 0.1) is 6.92 Å². The lowest BCUT2D eigenvalue weighted by Crippen LogP contribution is -2.27. The Morgan fingerprint density at radius 1 is 1.56 bits per heavy atom. The predicted molar refractivity (Wildman–Crippen MR) is 74.3 cm³/mol. The third-order valence-corrected chi connectivity index (χ3v) is 4.58. The molecule has 1 aliphatic heterocycles. The summed E-state index contributed by atoms with van der Waals surface area (Å²) in [5, 5.41) is 1.41. The number of benzene rings is 1. The highest BCUT2D eigenvalue weighted by Gasteiger charge is 2.30. The van der Waals surface area contributed by atoms with Crippen molar-refractivity contribution < 1.29 is 4.79 Å². The Kier molecular flexibility index (Phi) is 2.77. The van der Waals surface area contributed by atoms with E-state index in [0.29, 0.717) is 23.1 Å². The number of nitrogens with zero attached hydrogens (tertiary/aromatic N) is 2. The molecule has 1 saturated heterocycles. The summed E-state index contributed by atoms with van der Waals surface area (Å²) < 4.78 is 1.04. The van der Waals surface area contributed by atoms with Gasteiger partial charge in [0.2, 0.25) is 5.91 Å². The van der Waals surface area contributed by atoms with Crippen LogP contribution in [0.2, 0.25) is 5.02 Å². The van der Waals surface area contributed by atoms with Crippen molar-refractivity contribution in [3.8, 4) is 0 Å².